The molecule has 4 nitrogen and oxygen atoms in total. The molecule has 1 aromatic carbocycles. The Morgan fingerprint density at radius 2 is 2.15 bits per heavy atom. The maximum atomic E-state index is 13.1. The highest BCUT2D eigenvalue weighted by molar-refractivity contribution is 5.99. The predicted molar refractivity (Wildman–Crippen MR) is 107 cm³/mol. The fourth-order valence-electron chi connectivity index (χ4n) is 4.76. The number of amides is 1. The second-order valence-corrected chi connectivity index (χ2v) is 7.54. The van der Waals surface area contributed by atoms with E-state index in [1.54, 1.807) is 0 Å². The van der Waals surface area contributed by atoms with Gasteiger partial charge in [0.05, 0.1) is 12.6 Å². The van der Waals surface area contributed by atoms with Crippen molar-refractivity contribution in [1.82, 2.24) is 14.8 Å². The second kappa shape index (κ2) is 7.47. The van der Waals surface area contributed by atoms with Crippen molar-refractivity contribution in [1.29, 1.82) is 0 Å². The maximum Gasteiger partial charge on any atom is 0.230 e. The highest BCUT2D eigenvalue weighted by Gasteiger charge is 2.37. The molecule has 2 aliphatic rings. The fraction of sp³-hybridized carbons (Fsp3) is 0.500. The van der Waals surface area contributed by atoms with Crippen molar-refractivity contribution in [2.75, 3.05) is 32.9 Å². The Balaban J connectivity index is 1.77. The molecule has 1 aliphatic carbocycles. The molecule has 5 heteroatoms. The average Bonchev–Trinajstić information content (AvgIpc) is 3.11. The molecule has 2 heterocycles. The van der Waals surface area contributed by atoms with Gasteiger partial charge in [0, 0.05) is 49.3 Å². The number of hydrogen-bond donors (Lipinski definition) is 1. The monoisotopic (exact) mass is 369 g/mol. The molecular weight excluding hydrogens is 341 g/mol. The molecule has 2 aromatic rings. The molecule has 1 aromatic heterocycles. The number of carbonyl (C=O) groups is 1. The van der Waals surface area contributed by atoms with Crippen LogP contribution in [0.3, 0.4) is 0 Å². The van der Waals surface area contributed by atoms with Gasteiger partial charge in [0.15, 0.2) is 0 Å². The van der Waals surface area contributed by atoms with Crippen molar-refractivity contribution in [3.05, 3.63) is 41.6 Å². The van der Waals surface area contributed by atoms with Crippen LogP contribution < -0.4 is 0 Å². The smallest absolute Gasteiger partial charge is 0.230 e. The van der Waals surface area contributed by atoms with Crippen LogP contribution in [0, 0.1) is 5.92 Å². The first-order valence-corrected chi connectivity index (χ1v) is 10.1. The van der Waals surface area contributed by atoms with Crippen LogP contribution in [0.25, 0.3) is 16.5 Å². The molecule has 0 bridgehead atoms. The number of carbonyl (C=O) groups excluding carboxylic acids is 1. The van der Waals surface area contributed by atoms with Crippen molar-refractivity contribution in [3.8, 4) is 0 Å². The minimum atomic E-state index is -0.318. The lowest BCUT2D eigenvalue weighted by Crippen LogP contribution is -2.49. The van der Waals surface area contributed by atoms with E-state index in [1.807, 2.05) is 18.7 Å². The summed E-state index contributed by atoms with van der Waals surface area (Å²) in [6.07, 6.45) is 5.73. The molecule has 0 fully saturated rings. The van der Waals surface area contributed by atoms with Crippen molar-refractivity contribution >= 4 is 22.4 Å². The molecule has 0 radical (unpaired) electrons. The average molecular weight is 369 g/mol. The van der Waals surface area contributed by atoms with Crippen LogP contribution in [0.5, 0.6) is 0 Å². The Morgan fingerprint density at radius 1 is 1.33 bits per heavy atom. The first kappa shape index (κ1) is 18.2. The van der Waals surface area contributed by atoms with Crippen LogP contribution in [-0.2, 0) is 11.2 Å². The SMILES string of the molecule is CCN(CC)C(=O)[C@@H]1C=C2c3cccc4[nH]cc(c34)C[C@H]2N(CCCF)C1. The summed E-state index contributed by atoms with van der Waals surface area (Å²) in [6.45, 7) is 6.54. The minimum absolute atomic E-state index is 0.161. The second-order valence-electron chi connectivity index (χ2n) is 7.54. The van der Waals surface area contributed by atoms with Gasteiger partial charge in [0.1, 0.15) is 0 Å². The largest absolute Gasteiger partial charge is 0.361 e. The van der Waals surface area contributed by atoms with Crippen LogP contribution in [0.4, 0.5) is 4.39 Å². The number of hydrogen-bond acceptors (Lipinski definition) is 2. The summed E-state index contributed by atoms with van der Waals surface area (Å²) in [5.74, 6) is 0.0229. The van der Waals surface area contributed by atoms with Crippen LogP contribution >= 0.6 is 0 Å². The lowest BCUT2D eigenvalue weighted by Gasteiger charge is -2.42. The topological polar surface area (TPSA) is 39.3 Å². The summed E-state index contributed by atoms with van der Waals surface area (Å²) < 4.78 is 12.9. The lowest BCUT2D eigenvalue weighted by atomic mass is 9.79. The van der Waals surface area contributed by atoms with Gasteiger partial charge < -0.3 is 9.88 Å². The molecule has 4 rings (SSSR count). The predicted octanol–water partition coefficient (Wildman–Crippen LogP) is 3.64. The number of rotatable bonds is 6. The number of nitrogens with one attached hydrogen (secondary N) is 1. The van der Waals surface area contributed by atoms with Crippen molar-refractivity contribution in [2.45, 2.75) is 32.7 Å². The third-order valence-electron chi connectivity index (χ3n) is 6.09. The van der Waals surface area contributed by atoms with Gasteiger partial charge in [0.25, 0.3) is 0 Å². The number of H-pyrrole nitrogens is 1. The van der Waals surface area contributed by atoms with Gasteiger partial charge in [-0.05, 0) is 49.5 Å². The Hall–Kier alpha value is -2.14. The molecular formula is C22H28FN3O. The number of nitrogens with zero attached hydrogens (tertiary/aromatic N) is 2. The molecule has 1 aliphatic heterocycles. The van der Waals surface area contributed by atoms with Gasteiger partial charge in [0.2, 0.25) is 5.91 Å². The molecule has 144 valence electrons. The number of alkyl halides is 1. The van der Waals surface area contributed by atoms with E-state index in [0.717, 1.165) is 25.0 Å². The van der Waals surface area contributed by atoms with E-state index >= 15 is 0 Å². The summed E-state index contributed by atoms with van der Waals surface area (Å²) in [6, 6.07) is 6.56. The highest BCUT2D eigenvalue weighted by Crippen LogP contribution is 2.41. The van der Waals surface area contributed by atoms with Crippen molar-refractivity contribution < 1.29 is 9.18 Å². The van der Waals surface area contributed by atoms with Gasteiger partial charge in [-0.1, -0.05) is 18.2 Å². The Labute approximate surface area is 160 Å². The Morgan fingerprint density at radius 3 is 2.89 bits per heavy atom. The van der Waals surface area contributed by atoms with Crippen molar-refractivity contribution in [3.63, 3.8) is 0 Å². The molecule has 27 heavy (non-hydrogen) atoms. The standard InChI is InChI=1S/C22H28FN3O/c1-3-25(4-2)22(27)16-11-18-17-7-5-8-19-21(17)15(13-24-19)12-20(18)26(14-16)10-6-9-23/h5,7-8,11,13,16,20,24H,3-4,6,9-10,12,14H2,1-2H3/t16-,20-/m1/s1. The van der Waals surface area contributed by atoms with E-state index in [1.165, 1.54) is 22.1 Å². The normalized spacial score (nSPS) is 21.8. The van der Waals surface area contributed by atoms with Crippen molar-refractivity contribution in [2.24, 2.45) is 5.92 Å². The summed E-state index contributed by atoms with van der Waals surface area (Å²) in [7, 11) is 0. The van der Waals surface area contributed by atoms with Gasteiger partial charge >= 0.3 is 0 Å². The molecule has 0 saturated carbocycles. The zero-order valence-electron chi connectivity index (χ0n) is 16.2. The fourth-order valence-corrected chi connectivity index (χ4v) is 4.76. The van der Waals surface area contributed by atoms with Gasteiger partial charge in [-0.3, -0.25) is 14.1 Å². The van der Waals surface area contributed by atoms with E-state index < -0.39 is 0 Å². The van der Waals surface area contributed by atoms with E-state index in [-0.39, 0.29) is 24.5 Å². The Bertz CT molecular complexity index is 868. The lowest BCUT2D eigenvalue weighted by molar-refractivity contribution is -0.134. The minimum Gasteiger partial charge on any atom is -0.361 e. The molecule has 1 amide bonds. The summed E-state index contributed by atoms with van der Waals surface area (Å²) in [5.41, 5.74) is 4.93. The van der Waals surface area contributed by atoms with E-state index in [2.05, 4.69) is 40.4 Å². The maximum absolute atomic E-state index is 13.1. The van der Waals surface area contributed by atoms with Crippen LogP contribution in [0.2, 0.25) is 0 Å². The molecule has 2 atom stereocenters. The molecule has 0 unspecified atom stereocenters. The van der Waals surface area contributed by atoms with E-state index in [4.69, 9.17) is 0 Å². The molecule has 0 spiro atoms. The van der Waals surface area contributed by atoms with Gasteiger partial charge in [-0.2, -0.15) is 0 Å². The van der Waals surface area contributed by atoms with Crippen LogP contribution in [0.1, 0.15) is 31.4 Å². The Kier molecular flexibility index (Phi) is 5.04. The zero-order chi connectivity index (χ0) is 19.0. The summed E-state index contributed by atoms with van der Waals surface area (Å²) in [5, 5.41) is 1.28. The highest BCUT2D eigenvalue weighted by atomic mass is 19.1. The van der Waals surface area contributed by atoms with Gasteiger partial charge in [-0.25, -0.2) is 0 Å². The number of halogens is 1. The first-order valence-electron chi connectivity index (χ1n) is 10.1. The third-order valence-corrected chi connectivity index (χ3v) is 6.09. The quantitative estimate of drug-likeness (QED) is 0.844. The number of aromatic nitrogens is 1. The van der Waals surface area contributed by atoms with Crippen LogP contribution in [0.15, 0.2) is 30.5 Å². The van der Waals surface area contributed by atoms with Crippen LogP contribution in [-0.4, -0.2) is 59.6 Å². The third kappa shape index (κ3) is 3.08. The van der Waals surface area contributed by atoms with E-state index in [9.17, 15) is 9.18 Å². The first-order chi connectivity index (χ1) is 13.2. The zero-order valence-corrected chi connectivity index (χ0v) is 16.2. The van der Waals surface area contributed by atoms with E-state index in [0.29, 0.717) is 19.5 Å². The number of aromatic amines is 1. The van der Waals surface area contributed by atoms with Gasteiger partial charge in [-0.15, -0.1) is 0 Å². The summed E-state index contributed by atoms with van der Waals surface area (Å²) >= 11 is 0. The number of fused-ring (bicyclic) bond motifs is 2. The molecule has 0 saturated heterocycles. The molecule has 1 N–H and O–H groups in total. The number of benzene rings is 1. The summed E-state index contributed by atoms with van der Waals surface area (Å²) in [4.78, 5) is 20.7.